The maximum atomic E-state index is 12.1. The molecule has 5 nitrogen and oxygen atoms in total. The smallest absolute Gasteiger partial charge is 0.327 e. The van der Waals surface area contributed by atoms with Crippen LogP contribution in [0.3, 0.4) is 0 Å². The Morgan fingerprint density at radius 2 is 1.70 bits per heavy atom. The Labute approximate surface area is 121 Å². The molecule has 0 aromatic rings. The van der Waals surface area contributed by atoms with Crippen LogP contribution in [-0.4, -0.2) is 23.3 Å². The third-order valence-corrected chi connectivity index (χ3v) is 4.83. The van der Waals surface area contributed by atoms with Gasteiger partial charge in [0.15, 0.2) is 0 Å². The molecule has 2 fully saturated rings. The minimum absolute atomic E-state index is 0.0247. The topological polar surface area (TPSA) is 70.6 Å². The van der Waals surface area contributed by atoms with Crippen molar-refractivity contribution in [2.45, 2.75) is 76.8 Å². The summed E-state index contributed by atoms with van der Waals surface area (Å²) < 4.78 is 0. The Balaban J connectivity index is 1.69. The fourth-order valence-corrected chi connectivity index (χ4v) is 3.27. The third-order valence-electron chi connectivity index (χ3n) is 4.83. The summed E-state index contributed by atoms with van der Waals surface area (Å²) in [5.74, 6) is 0.652. The van der Waals surface area contributed by atoms with Crippen LogP contribution in [0.1, 0.15) is 64.7 Å². The molecule has 0 spiro atoms. The number of hydrogen-bond acceptors (Lipinski definition) is 5. The Bertz CT molecular complexity index is 303. The minimum atomic E-state index is -0.123. The van der Waals surface area contributed by atoms with E-state index < -0.39 is 0 Å². The lowest BCUT2D eigenvalue weighted by molar-refractivity contribution is -0.159. The van der Waals surface area contributed by atoms with Crippen molar-refractivity contribution in [2.24, 2.45) is 11.8 Å². The molecule has 2 aliphatic rings. The highest BCUT2D eigenvalue weighted by Crippen LogP contribution is 2.25. The molecule has 0 saturated heterocycles. The monoisotopic (exact) mass is 284 g/mol. The average molecular weight is 284 g/mol. The van der Waals surface area contributed by atoms with Gasteiger partial charge in [-0.25, -0.2) is 5.48 Å². The van der Waals surface area contributed by atoms with Crippen LogP contribution >= 0.6 is 0 Å². The van der Waals surface area contributed by atoms with Gasteiger partial charge < -0.3 is 10.0 Å². The average Bonchev–Trinajstić information content (AvgIpc) is 2.72. The van der Waals surface area contributed by atoms with E-state index in [9.17, 15) is 4.79 Å². The van der Waals surface area contributed by atoms with E-state index in [1.54, 1.807) is 0 Å². The van der Waals surface area contributed by atoms with E-state index >= 15 is 0 Å². The highest BCUT2D eigenvalue weighted by molar-refractivity contribution is 5.72. The van der Waals surface area contributed by atoms with Crippen LogP contribution in [0, 0.1) is 11.8 Å². The highest BCUT2D eigenvalue weighted by atomic mass is 16.7. The molecule has 2 unspecified atom stereocenters. The van der Waals surface area contributed by atoms with Gasteiger partial charge in [0.25, 0.3) is 0 Å². The Morgan fingerprint density at radius 3 is 2.40 bits per heavy atom. The molecule has 2 saturated carbocycles. The number of nitrogens with one attached hydrogen (secondary N) is 2. The predicted molar refractivity (Wildman–Crippen MR) is 75.9 cm³/mol. The Kier molecular flexibility index (Phi) is 6.26. The van der Waals surface area contributed by atoms with Crippen molar-refractivity contribution in [2.75, 3.05) is 0 Å². The predicted octanol–water partition coefficient (Wildman–Crippen LogP) is 2.54. The van der Waals surface area contributed by atoms with E-state index in [4.69, 9.17) is 10.0 Å². The molecular weight excluding hydrogens is 256 g/mol. The second kappa shape index (κ2) is 7.96. The molecule has 0 amide bonds. The summed E-state index contributed by atoms with van der Waals surface area (Å²) in [5.41, 5.74) is 5.29. The molecule has 0 aliphatic heterocycles. The van der Waals surface area contributed by atoms with Crippen LogP contribution < -0.4 is 11.0 Å². The normalized spacial score (nSPS) is 35.3. The van der Waals surface area contributed by atoms with Gasteiger partial charge in [-0.15, -0.1) is 0 Å². The first-order valence-electron chi connectivity index (χ1n) is 8.05. The molecule has 0 radical (unpaired) electrons. The van der Waals surface area contributed by atoms with Crippen LogP contribution in [0.5, 0.6) is 0 Å². The van der Waals surface area contributed by atoms with Crippen molar-refractivity contribution < 1.29 is 14.8 Å². The second-order valence-corrected chi connectivity index (χ2v) is 6.53. The van der Waals surface area contributed by atoms with E-state index in [2.05, 4.69) is 17.9 Å². The van der Waals surface area contributed by atoms with Gasteiger partial charge >= 0.3 is 5.97 Å². The molecule has 0 aromatic heterocycles. The van der Waals surface area contributed by atoms with Gasteiger partial charge in [-0.2, -0.15) is 5.48 Å². The quantitative estimate of drug-likeness (QED) is 0.546. The third kappa shape index (κ3) is 4.72. The molecular formula is C15H28N2O3. The number of hydrogen-bond donors (Lipinski definition) is 3. The van der Waals surface area contributed by atoms with Crippen LogP contribution in [0.4, 0.5) is 0 Å². The van der Waals surface area contributed by atoms with Crippen molar-refractivity contribution in [1.29, 1.82) is 0 Å². The molecule has 2 rings (SSSR count). The van der Waals surface area contributed by atoms with Gasteiger partial charge in [0.1, 0.15) is 0 Å². The number of carbonyl (C=O) groups excluding carboxylic acids is 1. The molecule has 20 heavy (non-hydrogen) atoms. The van der Waals surface area contributed by atoms with Gasteiger partial charge in [0.05, 0.1) is 5.92 Å². The Morgan fingerprint density at radius 1 is 1.00 bits per heavy atom. The summed E-state index contributed by atoms with van der Waals surface area (Å²) in [5, 5.41) is 8.96. The van der Waals surface area contributed by atoms with Crippen LogP contribution in [0.2, 0.25) is 0 Å². The highest BCUT2D eigenvalue weighted by Gasteiger charge is 2.26. The zero-order chi connectivity index (χ0) is 14.4. The van der Waals surface area contributed by atoms with Crippen LogP contribution in [-0.2, 0) is 9.63 Å². The van der Waals surface area contributed by atoms with Crippen molar-refractivity contribution >= 4 is 5.97 Å². The van der Waals surface area contributed by atoms with Crippen molar-refractivity contribution in [3.05, 3.63) is 0 Å². The van der Waals surface area contributed by atoms with Gasteiger partial charge in [0.2, 0.25) is 0 Å². The summed E-state index contributed by atoms with van der Waals surface area (Å²) in [4.78, 5) is 17.4. The lowest BCUT2D eigenvalue weighted by atomic mass is 9.88. The first-order chi connectivity index (χ1) is 9.69. The summed E-state index contributed by atoms with van der Waals surface area (Å²) in [7, 11) is 0. The maximum absolute atomic E-state index is 12.1. The van der Waals surface area contributed by atoms with Crippen LogP contribution in [0.25, 0.3) is 0 Å². The number of hydroxylamine groups is 2. The molecule has 5 heteroatoms. The van der Waals surface area contributed by atoms with Crippen molar-refractivity contribution in [3.63, 3.8) is 0 Å². The second-order valence-electron chi connectivity index (χ2n) is 6.53. The summed E-state index contributed by atoms with van der Waals surface area (Å²) in [6, 6.07) is 0.452. The van der Waals surface area contributed by atoms with Crippen LogP contribution in [0.15, 0.2) is 0 Å². The number of rotatable bonds is 4. The van der Waals surface area contributed by atoms with Gasteiger partial charge in [-0.3, -0.25) is 4.79 Å². The van der Waals surface area contributed by atoms with E-state index in [1.165, 1.54) is 12.8 Å². The standard InChI is InChI=1S/C15H28N2O3/c1-11-5-8-14(9-6-11)17-20-15(18)12-3-2-4-13(16-19)10-7-12/h11-14,16-17,19H,2-10H2,1H3. The minimum Gasteiger partial charge on any atom is -0.370 e. The summed E-state index contributed by atoms with van der Waals surface area (Å²) in [6.07, 6.45) is 8.97. The fourth-order valence-electron chi connectivity index (χ4n) is 3.27. The first-order valence-corrected chi connectivity index (χ1v) is 8.05. The lowest BCUT2D eigenvalue weighted by Gasteiger charge is -2.26. The molecule has 0 bridgehead atoms. The lowest BCUT2D eigenvalue weighted by Crippen LogP contribution is -2.36. The first kappa shape index (κ1) is 15.7. The van der Waals surface area contributed by atoms with Crippen molar-refractivity contribution in [3.8, 4) is 0 Å². The zero-order valence-corrected chi connectivity index (χ0v) is 12.4. The largest absolute Gasteiger partial charge is 0.370 e. The maximum Gasteiger partial charge on any atom is 0.327 e. The zero-order valence-electron chi connectivity index (χ0n) is 12.4. The van der Waals surface area contributed by atoms with E-state index in [-0.39, 0.29) is 17.9 Å². The van der Waals surface area contributed by atoms with E-state index in [0.29, 0.717) is 6.04 Å². The molecule has 2 atom stereocenters. The van der Waals surface area contributed by atoms with Gasteiger partial charge in [-0.1, -0.05) is 13.3 Å². The fraction of sp³-hybridized carbons (Fsp3) is 0.933. The van der Waals surface area contributed by atoms with E-state index in [0.717, 1.165) is 50.9 Å². The van der Waals surface area contributed by atoms with Gasteiger partial charge in [-0.05, 0) is 57.3 Å². The SMILES string of the molecule is CC1CCC(NOC(=O)C2CCCC(NO)CC2)CC1. The van der Waals surface area contributed by atoms with Gasteiger partial charge in [0, 0.05) is 12.1 Å². The molecule has 2 aliphatic carbocycles. The van der Waals surface area contributed by atoms with E-state index in [1.807, 2.05) is 0 Å². The summed E-state index contributed by atoms with van der Waals surface area (Å²) >= 11 is 0. The number of carbonyl (C=O) groups is 1. The molecule has 3 N–H and O–H groups in total. The molecule has 0 aromatic carbocycles. The molecule has 0 heterocycles. The molecule has 116 valence electrons. The Hall–Kier alpha value is -0.650. The van der Waals surface area contributed by atoms with Crippen molar-refractivity contribution in [1.82, 2.24) is 11.0 Å². The summed E-state index contributed by atoms with van der Waals surface area (Å²) in [6.45, 7) is 2.28.